The third-order valence-corrected chi connectivity index (χ3v) is 7.09. The first kappa shape index (κ1) is 26.3. The van der Waals surface area contributed by atoms with E-state index in [1.807, 2.05) is 30.3 Å². The molecule has 0 spiro atoms. The van der Waals surface area contributed by atoms with Gasteiger partial charge in [-0.1, -0.05) is 48.5 Å². The quantitative estimate of drug-likeness (QED) is 0.348. The molecule has 1 aromatic heterocycles. The van der Waals surface area contributed by atoms with Gasteiger partial charge in [-0.05, 0) is 60.2 Å². The summed E-state index contributed by atoms with van der Waals surface area (Å²) in [6.45, 7) is -1.24. The Kier molecular flexibility index (Phi) is 7.81. The normalized spacial score (nSPS) is 17.2. The molecular formula is C31H28F2N2O4. The summed E-state index contributed by atoms with van der Waals surface area (Å²) in [7, 11) is 0. The van der Waals surface area contributed by atoms with Gasteiger partial charge in [0.15, 0.2) is 11.2 Å². The van der Waals surface area contributed by atoms with E-state index < -0.39 is 19.3 Å². The van der Waals surface area contributed by atoms with E-state index in [1.165, 1.54) is 24.3 Å². The fourth-order valence-corrected chi connectivity index (χ4v) is 5.21. The second-order valence-corrected chi connectivity index (χ2v) is 9.81. The number of carbonyl (C=O) groups is 2. The molecule has 1 aliphatic rings. The van der Waals surface area contributed by atoms with Crippen LogP contribution in [0.25, 0.3) is 11.0 Å². The second-order valence-electron chi connectivity index (χ2n) is 9.81. The van der Waals surface area contributed by atoms with E-state index >= 15 is 0 Å². The van der Waals surface area contributed by atoms with Crippen molar-refractivity contribution in [2.45, 2.75) is 44.7 Å². The van der Waals surface area contributed by atoms with E-state index in [1.54, 1.807) is 29.2 Å². The van der Waals surface area contributed by atoms with E-state index in [4.69, 9.17) is 4.42 Å². The summed E-state index contributed by atoms with van der Waals surface area (Å²) < 4.78 is 32.5. The predicted octanol–water partition coefficient (Wildman–Crippen LogP) is 5.38. The largest absolute Gasteiger partial charge is 0.451 e. The fraction of sp³-hybridized carbons (Fsp3) is 0.258. The lowest BCUT2D eigenvalue weighted by Crippen LogP contribution is -2.52. The van der Waals surface area contributed by atoms with Crippen LogP contribution in [0.1, 0.15) is 50.4 Å². The number of halogens is 2. The number of carbonyl (C=O) groups excluding carboxylic acids is 2. The van der Waals surface area contributed by atoms with Crippen molar-refractivity contribution in [2.75, 3.05) is 6.54 Å². The maximum atomic E-state index is 13.6. The number of fused-ring (bicyclic) bond motifs is 1. The van der Waals surface area contributed by atoms with Crippen molar-refractivity contribution in [1.29, 1.82) is 0 Å². The molecule has 6 nitrogen and oxygen atoms in total. The number of benzene rings is 3. The summed E-state index contributed by atoms with van der Waals surface area (Å²) in [5, 5.41) is 3.37. The van der Waals surface area contributed by atoms with Crippen molar-refractivity contribution in [3.05, 3.63) is 117 Å². The van der Waals surface area contributed by atoms with Crippen molar-refractivity contribution in [2.24, 2.45) is 0 Å². The van der Waals surface area contributed by atoms with E-state index in [0.29, 0.717) is 36.8 Å². The third kappa shape index (κ3) is 5.90. The number of hydrogen-bond acceptors (Lipinski definition) is 4. The molecule has 8 heteroatoms. The van der Waals surface area contributed by atoms with Gasteiger partial charge >= 0.3 is 0 Å². The third-order valence-electron chi connectivity index (χ3n) is 7.09. The van der Waals surface area contributed by atoms with Gasteiger partial charge in [0.1, 0.15) is 18.9 Å². The summed E-state index contributed by atoms with van der Waals surface area (Å²) in [5.74, 6) is -0.867. The molecule has 0 unspecified atom stereocenters. The van der Waals surface area contributed by atoms with Crippen molar-refractivity contribution in [3.8, 4) is 0 Å². The lowest BCUT2D eigenvalue weighted by atomic mass is 9.91. The van der Waals surface area contributed by atoms with Crippen LogP contribution in [-0.2, 0) is 19.8 Å². The van der Waals surface area contributed by atoms with Crippen molar-refractivity contribution in [1.82, 2.24) is 10.2 Å². The van der Waals surface area contributed by atoms with Crippen LogP contribution in [0.2, 0.25) is 0 Å². The molecule has 1 fully saturated rings. The molecule has 200 valence electrons. The lowest BCUT2D eigenvalue weighted by Gasteiger charge is -2.40. The molecule has 2 heterocycles. The number of nitrogens with zero attached hydrogens (tertiary/aromatic N) is 1. The Morgan fingerprint density at radius 2 is 1.59 bits per heavy atom. The van der Waals surface area contributed by atoms with Gasteiger partial charge in [0, 0.05) is 30.3 Å². The molecule has 0 radical (unpaired) electrons. The predicted molar refractivity (Wildman–Crippen MR) is 144 cm³/mol. The molecule has 2 amide bonds. The van der Waals surface area contributed by atoms with Gasteiger partial charge in [0.25, 0.3) is 11.8 Å². The number of piperidine rings is 1. The first-order valence-corrected chi connectivity index (χ1v) is 12.9. The SMILES string of the molecule is O=C(N[C@H]1CCN(C(=O)c2cc(CF)cc(CF)c2)[C@H](Cc2ccccc2)C1)c1cc(=O)c2ccccc2o1. The van der Waals surface area contributed by atoms with Gasteiger partial charge in [-0.25, -0.2) is 8.78 Å². The van der Waals surface area contributed by atoms with Crippen LogP contribution in [-0.4, -0.2) is 35.3 Å². The molecule has 39 heavy (non-hydrogen) atoms. The van der Waals surface area contributed by atoms with E-state index in [9.17, 15) is 23.2 Å². The lowest BCUT2D eigenvalue weighted by molar-refractivity contribution is 0.0568. The Balaban J connectivity index is 1.37. The highest BCUT2D eigenvalue weighted by Gasteiger charge is 2.33. The molecule has 0 bridgehead atoms. The summed E-state index contributed by atoms with van der Waals surface area (Å²) in [4.78, 5) is 40.8. The Labute approximate surface area is 224 Å². The van der Waals surface area contributed by atoms with Gasteiger partial charge in [-0.15, -0.1) is 0 Å². The number of para-hydroxylation sites is 1. The molecule has 0 saturated carbocycles. The Morgan fingerprint density at radius 1 is 0.897 bits per heavy atom. The van der Waals surface area contributed by atoms with Crippen LogP contribution >= 0.6 is 0 Å². The van der Waals surface area contributed by atoms with Crippen LogP contribution in [0.5, 0.6) is 0 Å². The monoisotopic (exact) mass is 530 g/mol. The highest BCUT2D eigenvalue weighted by Crippen LogP contribution is 2.25. The number of hydrogen-bond donors (Lipinski definition) is 1. The Bertz CT molecular complexity index is 1530. The smallest absolute Gasteiger partial charge is 0.287 e. The average molecular weight is 531 g/mol. The van der Waals surface area contributed by atoms with Gasteiger partial charge in [0.05, 0.1) is 5.39 Å². The van der Waals surface area contributed by atoms with Crippen LogP contribution in [0, 0.1) is 0 Å². The van der Waals surface area contributed by atoms with Crippen molar-refractivity contribution >= 4 is 22.8 Å². The molecule has 5 rings (SSSR count). The first-order valence-electron chi connectivity index (χ1n) is 12.9. The minimum atomic E-state index is -0.791. The zero-order valence-electron chi connectivity index (χ0n) is 21.2. The van der Waals surface area contributed by atoms with Gasteiger partial charge < -0.3 is 14.6 Å². The molecular weight excluding hydrogens is 502 g/mol. The van der Waals surface area contributed by atoms with E-state index in [0.717, 1.165) is 5.56 Å². The molecule has 1 saturated heterocycles. The zero-order chi connectivity index (χ0) is 27.4. The zero-order valence-corrected chi connectivity index (χ0v) is 21.2. The fourth-order valence-electron chi connectivity index (χ4n) is 5.21. The Morgan fingerprint density at radius 3 is 2.31 bits per heavy atom. The van der Waals surface area contributed by atoms with E-state index in [-0.39, 0.29) is 45.9 Å². The molecule has 1 aliphatic heterocycles. The number of likely N-dealkylation sites (tertiary alicyclic amines) is 1. The summed E-state index contributed by atoms with van der Waals surface area (Å²) >= 11 is 0. The number of amides is 2. The second kappa shape index (κ2) is 11.6. The molecule has 3 aromatic carbocycles. The van der Waals surface area contributed by atoms with Crippen LogP contribution in [0.15, 0.2) is 88.1 Å². The highest BCUT2D eigenvalue weighted by atomic mass is 19.1. The standard InChI is InChI=1S/C31H28F2N2O4/c32-18-21-12-22(19-33)14-23(13-21)31(38)35-11-10-24(16-25(35)15-20-6-2-1-3-7-20)34-30(37)29-17-27(36)26-8-4-5-9-28(26)39-29/h1-9,12-14,17,24-25H,10-11,15-16,18-19H2,(H,34,37)/t24-,25+/m0/s1. The highest BCUT2D eigenvalue weighted by molar-refractivity contribution is 5.95. The Hall–Kier alpha value is -4.33. The van der Waals surface area contributed by atoms with Gasteiger partial charge in [-0.2, -0.15) is 0 Å². The van der Waals surface area contributed by atoms with Crippen LogP contribution in [0.4, 0.5) is 8.78 Å². The maximum absolute atomic E-state index is 13.6. The van der Waals surface area contributed by atoms with Crippen LogP contribution < -0.4 is 10.7 Å². The first-order chi connectivity index (χ1) is 18.9. The topological polar surface area (TPSA) is 79.6 Å². The number of alkyl halides is 2. The maximum Gasteiger partial charge on any atom is 0.287 e. The summed E-state index contributed by atoms with van der Waals surface area (Å²) in [6, 6.07) is 21.4. The molecule has 1 N–H and O–H groups in total. The van der Waals surface area contributed by atoms with Crippen molar-refractivity contribution in [3.63, 3.8) is 0 Å². The average Bonchev–Trinajstić information content (AvgIpc) is 2.97. The number of rotatable bonds is 7. The minimum Gasteiger partial charge on any atom is -0.451 e. The van der Waals surface area contributed by atoms with Crippen molar-refractivity contribution < 1.29 is 22.8 Å². The molecule has 0 aliphatic carbocycles. The van der Waals surface area contributed by atoms with E-state index in [2.05, 4.69) is 5.32 Å². The summed E-state index contributed by atoms with van der Waals surface area (Å²) in [5.41, 5.74) is 1.82. The van der Waals surface area contributed by atoms with Gasteiger partial charge in [-0.3, -0.25) is 14.4 Å². The summed E-state index contributed by atoms with van der Waals surface area (Å²) in [6.07, 6.45) is 1.48. The van der Waals surface area contributed by atoms with Gasteiger partial charge in [0.2, 0.25) is 0 Å². The molecule has 2 atom stereocenters. The van der Waals surface area contributed by atoms with Crippen LogP contribution in [0.3, 0.4) is 0 Å². The number of nitrogens with one attached hydrogen (secondary N) is 1. The minimum absolute atomic E-state index is 0.0707. The molecule has 4 aromatic rings.